The number of rotatable bonds is 2. The first-order valence-corrected chi connectivity index (χ1v) is 3.70. The lowest BCUT2D eigenvalue weighted by atomic mass is 11.6. The Balaban J connectivity index is 4.38. The molecule has 0 aromatic carbocycles. The summed E-state index contributed by atoms with van der Waals surface area (Å²) in [6.45, 7) is 0. The third kappa shape index (κ3) is 1.49. The Bertz CT molecular complexity index is 133. The Morgan fingerprint density at radius 1 is 1.00 bits per heavy atom. The summed E-state index contributed by atoms with van der Waals surface area (Å²) in [5.74, 6) is 0. The van der Waals surface area contributed by atoms with Crippen molar-refractivity contribution < 1.29 is 29.4 Å². The van der Waals surface area contributed by atoms with Crippen molar-refractivity contribution in [3.05, 3.63) is 0 Å². The largest absolute Gasteiger partial charge is 0.575 e. The summed E-state index contributed by atoms with van der Waals surface area (Å²) in [5, 5.41) is 15.6. The molecule has 0 rings (SSSR count). The lowest BCUT2D eigenvalue weighted by molar-refractivity contribution is 0.185. The second-order valence-corrected chi connectivity index (χ2v) is 3.48. The highest BCUT2D eigenvalue weighted by atomic mass is 28.4. The van der Waals surface area contributed by atoms with Gasteiger partial charge in [0.05, 0.1) is 0 Å². The van der Waals surface area contributed by atoms with Crippen LogP contribution in [0.4, 0.5) is 9.59 Å². The summed E-state index contributed by atoms with van der Waals surface area (Å²) in [6, 6.07) is 0. The predicted octanol–water partition coefficient (Wildman–Crippen LogP) is -1.07. The monoisotopic (exact) mass is 152 g/mol. The molecule has 0 unspecified atom stereocenters. The second kappa shape index (κ2) is 2.13. The van der Waals surface area contributed by atoms with Crippen LogP contribution in [0, 0.1) is 0 Å². The van der Waals surface area contributed by atoms with Crippen molar-refractivity contribution >= 4 is 19.7 Å². The van der Waals surface area contributed by atoms with Crippen molar-refractivity contribution in [2.24, 2.45) is 0 Å². The van der Waals surface area contributed by atoms with Gasteiger partial charge in [-0.3, -0.25) is 9.59 Å². The van der Waals surface area contributed by atoms with Crippen LogP contribution in [0.3, 0.4) is 0 Å². The maximum atomic E-state index is 9.64. The summed E-state index contributed by atoms with van der Waals surface area (Å²) < 4.78 is 0. The Morgan fingerprint density at radius 3 is 1.22 bits per heavy atom. The first-order chi connectivity index (χ1) is 3.89. The van der Waals surface area contributed by atoms with E-state index >= 15 is 0 Å². The molecule has 0 aliphatic carbocycles. The molecule has 0 heterocycles. The Morgan fingerprint density at radius 2 is 1.22 bits per heavy atom. The summed E-state index contributed by atoms with van der Waals surface area (Å²) in [6.07, 6.45) is 0. The Labute approximate surface area is 50.2 Å². The molecule has 6 nitrogen and oxygen atoms in total. The van der Waals surface area contributed by atoms with Gasteiger partial charge in [0.1, 0.15) is 0 Å². The van der Waals surface area contributed by atoms with E-state index in [1.807, 2.05) is 0 Å². The minimum absolute atomic E-state index is 2.07. The molecule has 0 amide bonds. The molecule has 0 radical (unpaired) electrons. The molecule has 0 saturated carbocycles. The van der Waals surface area contributed by atoms with Gasteiger partial charge in [-0.25, -0.2) is 0 Å². The van der Waals surface area contributed by atoms with Crippen LogP contribution in [0.5, 0.6) is 0 Å². The zero-order valence-corrected chi connectivity index (χ0v) is 5.11. The number of carboxylic acid groups (broad SMARTS) is 2. The van der Waals surface area contributed by atoms with Gasteiger partial charge in [-0.2, -0.15) is 0 Å². The van der Waals surface area contributed by atoms with Crippen molar-refractivity contribution in [3.8, 4) is 0 Å². The molecule has 0 bridgehead atoms. The van der Waals surface area contributed by atoms with Gasteiger partial charge in [0.2, 0.25) is 0 Å². The van der Waals surface area contributed by atoms with Crippen molar-refractivity contribution in [1.82, 2.24) is 0 Å². The number of carbonyl (C=O) groups is 2. The SMILES string of the molecule is O=C(O)[Si](O)(O)C(=O)O. The quantitative estimate of drug-likeness (QED) is 0.374. The summed E-state index contributed by atoms with van der Waals surface area (Å²) >= 11 is 0. The maximum Gasteiger partial charge on any atom is 0.575 e. The van der Waals surface area contributed by atoms with Gasteiger partial charge in [-0.05, 0) is 0 Å². The average Bonchev–Trinajstić information content (AvgIpc) is 1.65. The first kappa shape index (κ1) is 8.08. The summed E-state index contributed by atoms with van der Waals surface area (Å²) in [4.78, 5) is 35.6. The lowest BCUT2D eigenvalue weighted by Gasteiger charge is -2.03. The molecular formula is C2H4O6Si. The topological polar surface area (TPSA) is 115 Å². The summed E-state index contributed by atoms with van der Waals surface area (Å²) in [7, 11) is -5.02. The molecule has 0 aromatic rings. The maximum absolute atomic E-state index is 9.64. The standard InChI is InChI=1S/C2H4O6Si/c3-1(4)9(7,8)2(5)6/h7-8H,(H,3,4)(H,5,6). The zero-order chi connectivity index (χ0) is 7.65. The highest BCUT2D eigenvalue weighted by Crippen LogP contribution is 1.94. The molecule has 0 atom stereocenters. The minimum Gasteiger partial charge on any atom is -0.481 e. The smallest absolute Gasteiger partial charge is 0.481 e. The third-order valence-electron chi connectivity index (χ3n) is 0.596. The van der Waals surface area contributed by atoms with E-state index in [9.17, 15) is 9.59 Å². The van der Waals surface area contributed by atoms with E-state index < -0.39 is 19.7 Å². The van der Waals surface area contributed by atoms with E-state index in [0.29, 0.717) is 0 Å². The average molecular weight is 152 g/mol. The van der Waals surface area contributed by atoms with Gasteiger partial charge in [0.25, 0.3) is 0 Å². The fraction of sp³-hybridized carbons (Fsp3) is 0. The molecule has 0 saturated heterocycles. The fourth-order valence-electron chi connectivity index (χ4n) is 0.0915. The molecule has 7 heteroatoms. The molecule has 0 aliphatic rings. The Kier molecular flexibility index (Phi) is 1.91. The minimum atomic E-state index is -5.02. The summed E-state index contributed by atoms with van der Waals surface area (Å²) in [5.41, 5.74) is -4.15. The third-order valence-corrected chi connectivity index (χ3v) is 1.79. The van der Waals surface area contributed by atoms with E-state index in [2.05, 4.69) is 0 Å². The molecular weight excluding hydrogens is 148 g/mol. The van der Waals surface area contributed by atoms with Crippen LogP contribution in [-0.2, 0) is 0 Å². The van der Waals surface area contributed by atoms with E-state index in [4.69, 9.17) is 19.8 Å². The fourth-order valence-corrected chi connectivity index (χ4v) is 0.274. The van der Waals surface area contributed by atoms with Crippen molar-refractivity contribution in [3.63, 3.8) is 0 Å². The van der Waals surface area contributed by atoms with Crippen LogP contribution in [-0.4, -0.2) is 39.6 Å². The van der Waals surface area contributed by atoms with E-state index in [0.717, 1.165) is 0 Å². The predicted molar refractivity (Wildman–Crippen MR) is 26.2 cm³/mol. The molecule has 4 N–H and O–H groups in total. The Hall–Kier alpha value is -0.923. The molecule has 0 aromatic heterocycles. The number of hydrogen-bond donors (Lipinski definition) is 4. The van der Waals surface area contributed by atoms with Gasteiger partial charge in [-0.1, -0.05) is 0 Å². The van der Waals surface area contributed by atoms with Crippen molar-refractivity contribution in [2.45, 2.75) is 0 Å². The lowest BCUT2D eigenvalue weighted by Crippen LogP contribution is -2.51. The van der Waals surface area contributed by atoms with Crippen molar-refractivity contribution in [2.75, 3.05) is 0 Å². The van der Waals surface area contributed by atoms with E-state index in [-0.39, 0.29) is 0 Å². The molecule has 0 fully saturated rings. The van der Waals surface area contributed by atoms with Crippen LogP contribution in [0.2, 0.25) is 0 Å². The highest BCUT2D eigenvalue weighted by Gasteiger charge is 2.50. The van der Waals surface area contributed by atoms with Crippen LogP contribution in [0.15, 0.2) is 0 Å². The normalized spacial score (nSPS) is 10.9. The van der Waals surface area contributed by atoms with Crippen LogP contribution < -0.4 is 0 Å². The van der Waals surface area contributed by atoms with Gasteiger partial charge < -0.3 is 19.8 Å². The van der Waals surface area contributed by atoms with Crippen LogP contribution in [0.1, 0.15) is 0 Å². The second-order valence-electron chi connectivity index (χ2n) is 1.28. The van der Waals surface area contributed by atoms with Gasteiger partial charge in [0, 0.05) is 0 Å². The van der Waals surface area contributed by atoms with E-state index in [1.165, 1.54) is 0 Å². The molecule has 52 valence electrons. The van der Waals surface area contributed by atoms with Crippen molar-refractivity contribution in [1.29, 1.82) is 0 Å². The van der Waals surface area contributed by atoms with Gasteiger partial charge in [-0.15, -0.1) is 0 Å². The number of hydrogen-bond acceptors (Lipinski definition) is 4. The van der Waals surface area contributed by atoms with Crippen LogP contribution in [0.25, 0.3) is 0 Å². The molecule has 0 spiro atoms. The zero-order valence-electron chi connectivity index (χ0n) is 4.11. The molecule has 0 aliphatic heterocycles. The highest BCUT2D eigenvalue weighted by molar-refractivity contribution is 7.13. The molecule has 9 heavy (non-hydrogen) atoms. The van der Waals surface area contributed by atoms with Crippen LogP contribution >= 0.6 is 0 Å². The van der Waals surface area contributed by atoms with Gasteiger partial charge >= 0.3 is 19.7 Å². The van der Waals surface area contributed by atoms with Gasteiger partial charge in [0.15, 0.2) is 0 Å². The van der Waals surface area contributed by atoms with E-state index in [1.54, 1.807) is 0 Å². The first-order valence-electron chi connectivity index (χ1n) is 1.80.